The number of anilines is 1. The zero-order valence-electron chi connectivity index (χ0n) is 19.7. The Balaban J connectivity index is 2.40. The van der Waals surface area contributed by atoms with Gasteiger partial charge in [-0.05, 0) is 50.5 Å². The molecule has 0 aliphatic carbocycles. The van der Waals surface area contributed by atoms with Crippen molar-refractivity contribution in [2.45, 2.75) is 52.7 Å². The van der Waals surface area contributed by atoms with Gasteiger partial charge in [0.15, 0.2) is 0 Å². The van der Waals surface area contributed by atoms with Crippen molar-refractivity contribution >= 4 is 39.1 Å². The first-order valence-corrected chi connectivity index (χ1v) is 13.0. The van der Waals surface area contributed by atoms with E-state index < -0.39 is 28.5 Å². The minimum absolute atomic E-state index is 0.0461. The predicted octanol–water partition coefficient (Wildman–Crippen LogP) is 3.75. The van der Waals surface area contributed by atoms with E-state index in [-0.39, 0.29) is 18.5 Å². The maximum atomic E-state index is 13.5. The van der Waals surface area contributed by atoms with E-state index in [1.807, 2.05) is 44.2 Å². The van der Waals surface area contributed by atoms with Gasteiger partial charge in [0.05, 0.1) is 11.9 Å². The first-order valence-electron chi connectivity index (χ1n) is 10.8. The van der Waals surface area contributed by atoms with Crippen molar-refractivity contribution in [3.05, 3.63) is 64.7 Å². The van der Waals surface area contributed by atoms with Gasteiger partial charge in [0.1, 0.15) is 12.6 Å². The van der Waals surface area contributed by atoms with Crippen molar-refractivity contribution < 1.29 is 18.0 Å². The van der Waals surface area contributed by atoms with Crippen molar-refractivity contribution in [2.75, 3.05) is 17.1 Å². The van der Waals surface area contributed by atoms with Crippen LogP contribution < -0.4 is 9.62 Å². The lowest BCUT2D eigenvalue weighted by molar-refractivity contribution is -0.139. The highest BCUT2D eigenvalue weighted by molar-refractivity contribution is 7.92. The maximum absolute atomic E-state index is 13.5. The Kier molecular flexibility index (Phi) is 9.31. The van der Waals surface area contributed by atoms with Crippen LogP contribution in [0.5, 0.6) is 0 Å². The third-order valence-corrected chi connectivity index (χ3v) is 7.09. The smallest absolute Gasteiger partial charge is 0.244 e. The van der Waals surface area contributed by atoms with E-state index in [2.05, 4.69) is 5.32 Å². The SMILES string of the molecule is CC[C@H](C)NC(=O)[C@@H](C)N(Cc1ccccc1)C(=O)CN(c1cccc(Cl)c1C)S(C)(=O)=O. The Bertz CT molecular complexity index is 1080. The van der Waals surface area contributed by atoms with E-state index in [0.717, 1.165) is 22.5 Å². The molecule has 0 aliphatic heterocycles. The van der Waals surface area contributed by atoms with Crippen LogP contribution in [-0.4, -0.2) is 50.0 Å². The molecule has 0 fully saturated rings. The van der Waals surface area contributed by atoms with Crippen LogP contribution in [0, 0.1) is 6.92 Å². The van der Waals surface area contributed by atoms with Gasteiger partial charge in [-0.3, -0.25) is 13.9 Å². The number of hydrogen-bond acceptors (Lipinski definition) is 4. The van der Waals surface area contributed by atoms with Crippen molar-refractivity contribution in [3.63, 3.8) is 0 Å². The molecule has 0 radical (unpaired) electrons. The van der Waals surface area contributed by atoms with Crippen LogP contribution in [-0.2, 0) is 26.2 Å². The maximum Gasteiger partial charge on any atom is 0.244 e. The molecule has 7 nitrogen and oxygen atoms in total. The van der Waals surface area contributed by atoms with Crippen LogP contribution in [0.3, 0.4) is 0 Å². The second-order valence-corrected chi connectivity index (χ2v) is 10.5. The fraction of sp³-hybridized carbons (Fsp3) is 0.417. The lowest BCUT2D eigenvalue weighted by Gasteiger charge is -2.32. The van der Waals surface area contributed by atoms with Gasteiger partial charge in [-0.25, -0.2) is 8.42 Å². The monoisotopic (exact) mass is 493 g/mol. The molecular weight excluding hydrogens is 462 g/mol. The van der Waals surface area contributed by atoms with E-state index >= 15 is 0 Å². The van der Waals surface area contributed by atoms with Gasteiger partial charge in [0, 0.05) is 17.6 Å². The molecule has 0 aromatic heterocycles. The fourth-order valence-electron chi connectivity index (χ4n) is 3.29. The molecule has 2 aromatic rings. The zero-order chi connectivity index (χ0) is 24.8. The standard InChI is InChI=1S/C24H32ClN3O4S/c1-6-17(2)26-24(30)19(4)27(15-20-11-8-7-9-12-20)23(29)16-28(33(5,31)32)22-14-10-13-21(25)18(22)3/h7-14,17,19H,6,15-16H2,1-5H3,(H,26,30)/t17-,19+/m0/s1. The summed E-state index contributed by atoms with van der Waals surface area (Å²) < 4.78 is 26.3. The van der Waals surface area contributed by atoms with E-state index in [4.69, 9.17) is 11.6 Å². The molecule has 33 heavy (non-hydrogen) atoms. The minimum atomic E-state index is -3.80. The molecule has 0 saturated carbocycles. The van der Waals surface area contributed by atoms with Gasteiger partial charge < -0.3 is 10.2 Å². The third-order valence-electron chi connectivity index (χ3n) is 5.55. The number of nitrogens with zero attached hydrogens (tertiary/aromatic N) is 2. The topological polar surface area (TPSA) is 86.8 Å². The van der Waals surface area contributed by atoms with Crippen LogP contribution >= 0.6 is 11.6 Å². The van der Waals surface area contributed by atoms with Crippen LogP contribution in [0.2, 0.25) is 5.02 Å². The number of nitrogens with one attached hydrogen (secondary N) is 1. The molecule has 0 saturated heterocycles. The summed E-state index contributed by atoms with van der Waals surface area (Å²) in [6.07, 6.45) is 1.79. The van der Waals surface area contributed by atoms with Gasteiger partial charge in [0.25, 0.3) is 0 Å². The summed E-state index contributed by atoms with van der Waals surface area (Å²) in [6.45, 7) is 6.91. The van der Waals surface area contributed by atoms with Crippen LogP contribution in [0.15, 0.2) is 48.5 Å². The number of benzene rings is 2. The van der Waals surface area contributed by atoms with E-state index in [1.165, 1.54) is 4.90 Å². The average molecular weight is 494 g/mol. The normalized spacial score (nSPS) is 13.2. The molecule has 2 amide bonds. The highest BCUT2D eigenvalue weighted by atomic mass is 35.5. The molecule has 0 spiro atoms. The number of carbonyl (C=O) groups excluding carboxylic acids is 2. The summed E-state index contributed by atoms with van der Waals surface area (Å²) in [5, 5.41) is 3.30. The quantitative estimate of drug-likeness (QED) is 0.546. The summed E-state index contributed by atoms with van der Waals surface area (Å²) >= 11 is 6.20. The zero-order valence-corrected chi connectivity index (χ0v) is 21.3. The van der Waals surface area contributed by atoms with Crippen molar-refractivity contribution in [3.8, 4) is 0 Å². The molecule has 0 unspecified atom stereocenters. The number of hydrogen-bond donors (Lipinski definition) is 1. The second kappa shape index (κ2) is 11.5. The summed E-state index contributed by atoms with van der Waals surface area (Å²) in [5.41, 5.74) is 1.71. The molecule has 1 N–H and O–H groups in total. The first kappa shape index (κ1) is 26.7. The highest BCUT2D eigenvalue weighted by Gasteiger charge is 2.31. The van der Waals surface area contributed by atoms with Gasteiger partial charge in [-0.2, -0.15) is 0 Å². The summed E-state index contributed by atoms with van der Waals surface area (Å²) in [4.78, 5) is 27.7. The Labute approximate surface area is 201 Å². The largest absolute Gasteiger partial charge is 0.352 e. The Morgan fingerprint density at radius 3 is 2.27 bits per heavy atom. The minimum Gasteiger partial charge on any atom is -0.352 e. The van der Waals surface area contributed by atoms with Crippen molar-refractivity contribution in [1.82, 2.24) is 10.2 Å². The number of amides is 2. The molecular formula is C24H32ClN3O4S. The number of rotatable bonds is 10. The van der Waals surface area contributed by atoms with Crippen LogP contribution in [0.1, 0.15) is 38.3 Å². The number of halogens is 1. The van der Waals surface area contributed by atoms with Gasteiger partial charge in [-0.15, -0.1) is 0 Å². The molecule has 2 atom stereocenters. The summed E-state index contributed by atoms with van der Waals surface area (Å²) in [6, 6.07) is 13.3. The van der Waals surface area contributed by atoms with E-state index in [9.17, 15) is 18.0 Å². The lowest BCUT2D eigenvalue weighted by Crippen LogP contribution is -2.52. The molecule has 2 rings (SSSR count). The summed E-state index contributed by atoms with van der Waals surface area (Å²) in [5.74, 6) is -0.783. The summed E-state index contributed by atoms with van der Waals surface area (Å²) in [7, 11) is -3.80. The average Bonchev–Trinajstić information content (AvgIpc) is 2.77. The Hall–Kier alpha value is -2.58. The van der Waals surface area contributed by atoms with Crippen molar-refractivity contribution in [2.24, 2.45) is 0 Å². The number of carbonyl (C=O) groups is 2. The van der Waals surface area contributed by atoms with Crippen LogP contribution in [0.25, 0.3) is 0 Å². The van der Waals surface area contributed by atoms with E-state index in [0.29, 0.717) is 16.3 Å². The predicted molar refractivity (Wildman–Crippen MR) is 133 cm³/mol. The molecule has 9 heteroatoms. The third kappa shape index (κ3) is 7.20. The lowest BCUT2D eigenvalue weighted by atomic mass is 10.1. The Morgan fingerprint density at radius 1 is 1.06 bits per heavy atom. The Morgan fingerprint density at radius 2 is 1.70 bits per heavy atom. The van der Waals surface area contributed by atoms with Crippen molar-refractivity contribution in [1.29, 1.82) is 0 Å². The molecule has 2 aromatic carbocycles. The molecule has 0 bridgehead atoms. The second-order valence-electron chi connectivity index (χ2n) is 8.15. The van der Waals surface area contributed by atoms with E-state index in [1.54, 1.807) is 32.0 Å². The van der Waals surface area contributed by atoms with Gasteiger partial charge in [0.2, 0.25) is 21.8 Å². The number of sulfonamides is 1. The van der Waals surface area contributed by atoms with Crippen LogP contribution in [0.4, 0.5) is 5.69 Å². The fourth-order valence-corrected chi connectivity index (χ4v) is 4.36. The highest BCUT2D eigenvalue weighted by Crippen LogP contribution is 2.28. The molecule has 180 valence electrons. The molecule has 0 aliphatic rings. The van der Waals surface area contributed by atoms with Gasteiger partial charge >= 0.3 is 0 Å². The van der Waals surface area contributed by atoms with Gasteiger partial charge in [-0.1, -0.05) is 54.9 Å². The molecule has 0 heterocycles. The first-order chi connectivity index (χ1) is 15.5.